The molecule has 0 aliphatic rings. The summed E-state index contributed by atoms with van der Waals surface area (Å²) in [4.78, 5) is 38.0. The van der Waals surface area contributed by atoms with E-state index in [4.69, 9.17) is 0 Å². The number of rotatable bonds is 6. The molecule has 158 valence electrons. The third-order valence-corrected chi connectivity index (χ3v) is 5.29. The van der Waals surface area contributed by atoms with E-state index in [1.165, 1.54) is 6.33 Å². The molecule has 0 fully saturated rings. The molecule has 2 N–H and O–H groups in total. The maximum Gasteiger partial charge on any atom is 0.291 e. The first kappa shape index (κ1) is 21.8. The quantitative estimate of drug-likeness (QED) is 0.574. The first-order valence-electron chi connectivity index (χ1n) is 9.60. The van der Waals surface area contributed by atoms with E-state index in [0.717, 1.165) is 9.15 Å². The van der Waals surface area contributed by atoms with Gasteiger partial charge in [0.1, 0.15) is 18.4 Å². The number of aryl methyl sites for hydroxylation is 2. The molecule has 2 heterocycles. The minimum atomic E-state index is -0.424. The van der Waals surface area contributed by atoms with Gasteiger partial charge in [-0.25, -0.2) is 4.68 Å². The summed E-state index contributed by atoms with van der Waals surface area (Å²) in [7, 11) is 0. The lowest BCUT2D eigenvalue weighted by Crippen LogP contribution is -2.30. The first-order valence-corrected chi connectivity index (χ1v) is 10.4. The molecule has 0 unspecified atom stereocenters. The molecule has 1 aromatic carbocycles. The first-order chi connectivity index (χ1) is 14.2. The van der Waals surface area contributed by atoms with Crippen LogP contribution in [0.15, 0.2) is 39.9 Å². The summed E-state index contributed by atoms with van der Waals surface area (Å²) in [6.07, 6.45) is 1.46. The Morgan fingerprint density at radius 3 is 2.47 bits per heavy atom. The number of fused-ring (bicyclic) bond motifs is 1. The third kappa shape index (κ3) is 4.46. The molecule has 3 aromatic rings. The topological polar surface area (TPSA) is 97.5 Å². The molecule has 0 bridgehead atoms. The van der Waals surface area contributed by atoms with Gasteiger partial charge in [-0.2, -0.15) is 5.10 Å². The third-order valence-electron chi connectivity index (χ3n) is 4.76. The van der Waals surface area contributed by atoms with E-state index in [0.29, 0.717) is 40.5 Å². The smallest absolute Gasteiger partial charge is 0.291 e. The van der Waals surface area contributed by atoms with E-state index in [2.05, 4.69) is 31.7 Å². The predicted molar refractivity (Wildman–Crippen MR) is 119 cm³/mol. The zero-order valence-electron chi connectivity index (χ0n) is 17.3. The average Bonchev–Trinajstić information content (AvgIpc) is 2.94. The van der Waals surface area contributed by atoms with E-state index in [-0.39, 0.29) is 18.4 Å². The van der Waals surface area contributed by atoms with Crippen molar-refractivity contribution in [1.29, 1.82) is 0 Å². The van der Waals surface area contributed by atoms with Crippen LogP contribution in [-0.4, -0.2) is 32.5 Å². The second-order valence-electron chi connectivity index (χ2n) is 7.56. The zero-order valence-corrected chi connectivity index (χ0v) is 18.9. The number of aromatic nitrogens is 3. The van der Waals surface area contributed by atoms with Gasteiger partial charge < -0.3 is 10.6 Å². The van der Waals surface area contributed by atoms with Crippen LogP contribution in [0.4, 0.5) is 5.69 Å². The van der Waals surface area contributed by atoms with Gasteiger partial charge in [-0.05, 0) is 49.6 Å². The van der Waals surface area contributed by atoms with Crippen LogP contribution in [0.2, 0.25) is 0 Å². The number of benzene rings is 1. The molecule has 8 nitrogen and oxygen atoms in total. The number of hydrogen-bond donors (Lipinski definition) is 2. The summed E-state index contributed by atoms with van der Waals surface area (Å²) >= 11 is 3.34. The van der Waals surface area contributed by atoms with Gasteiger partial charge in [-0.1, -0.05) is 29.8 Å². The van der Waals surface area contributed by atoms with Crippen molar-refractivity contribution >= 4 is 38.9 Å². The number of nitrogens with zero attached hydrogens (tertiary/aromatic N) is 3. The molecule has 0 spiro atoms. The molecule has 0 saturated heterocycles. The van der Waals surface area contributed by atoms with Crippen LogP contribution in [0.25, 0.3) is 5.52 Å². The van der Waals surface area contributed by atoms with E-state index >= 15 is 0 Å². The fourth-order valence-electron chi connectivity index (χ4n) is 3.26. The SMILES string of the molecule is Cc1c(C(=O)NCC(C)C)c(C)n2cnn(CC(=O)Nc3ccc(Br)cc3)c(=O)c12. The zero-order chi connectivity index (χ0) is 22.0. The van der Waals surface area contributed by atoms with Crippen LogP contribution in [0, 0.1) is 19.8 Å². The van der Waals surface area contributed by atoms with Crippen molar-refractivity contribution < 1.29 is 9.59 Å². The molecule has 0 saturated carbocycles. The fraction of sp³-hybridized carbons (Fsp3) is 0.333. The number of hydrogen-bond acceptors (Lipinski definition) is 4. The molecule has 0 aliphatic carbocycles. The fourth-order valence-corrected chi connectivity index (χ4v) is 3.52. The minimum absolute atomic E-state index is 0.221. The lowest BCUT2D eigenvalue weighted by Gasteiger charge is -2.08. The van der Waals surface area contributed by atoms with Crippen molar-refractivity contribution in [3.05, 3.63) is 62.2 Å². The number of amides is 2. The molecule has 0 radical (unpaired) electrons. The molecule has 2 amide bonds. The largest absolute Gasteiger partial charge is 0.352 e. The van der Waals surface area contributed by atoms with Gasteiger partial charge in [0.2, 0.25) is 5.91 Å². The van der Waals surface area contributed by atoms with Gasteiger partial charge >= 0.3 is 0 Å². The molecule has 2 aromatic heterocycles. The van der Waals surface area contributed by atoms with E-state index < -0.39 is 5.56 Å². The molecular formula is C21H24BrN5O3. The highest BCUT2D eigenvalue weighted by Gasteiger charge is 2.22. The molecule has 9 heteroatoms. The maximum absolute atomic E-state index is 13.0. The Balaban J connectivity index is 1.89. The maximum atomic E-state index is 13.0. The second-order valence-corrected chi connectivity index (χ2v) is 8.47. The summed E-state index contributed by atoms with van der Waals surface area (Å²) in [5.74, 6) is -0.275. The molecular weight excluding hydrogens is 450 g/mol. The highest BCUT2D eigenvalue weighted by atomic mass is 79.9. The van der Waals surface area contributed by atoms with Crippen LogP contribution in [0.3, 0.4) is 0 Å². The Morgan fingerprint density at radius 1 is 1.17 bits per heavy atom. The van der Waals surface area contributed by atoms with Gasteiger partial charge in [0.25, 0.3) is 11.5 Å². The summed E-state index contributed by atoms with van der Waals surface area (Å²) in [5.41, 5.74) is 2.21. The lowest BCUT2D eigenvalue weighted by atomic mass is 10.1. The number of nitrogens with one attached hydrogen (secondary N) is 2. The second kappa shape index (κ2) is 8.83. The Kier molecular flexibility index (Phi) is 6.40. The van der Waals surface area contributed by atoms with Gasteiger partial charge in [-0.3, -0.25) is 18.8 Å². The van der Waals surface area contributed by atoms with Gasteiger partial charge in [0, 0.05) is 22.4 Å². The average molecular weight is 474 g/mol. The van der Waals surface area contributed by atoms with Crippen LogP contribution in [0.5, 0.6) is 0 Å². The van der Waals surface area contributed by atoms with E-state index in [9.17, 15) is 14.4 Å². The predicted octanol–water partition coefficient (Wildman–Crippen LogP) is 2.90. The van der Waals surface area contributed by atoms with Crippen molar-refractivity contribution in [2.45, 2.75) is 34.2 Å². The normalized spacial score (nSPS) is 11.1. The number of carbonyl (C=O) groups excluding carboxylic acids is 2. The van der Waals surface area contributed by atoms with Gasteiger partial charge in [0.05, 0.1) is 5.56 Å². The minimum Gasteiger partial charge on any atom is -0.352 e. The Morgan fingerprint density at radius 2 is 1.83 bits per heavy atom. The number of anilines is 1. The molecule has 30 heavy (non-hydrogen) atoms. The Labute approximate surface area is 182 Å². The Hall–Kier alpha value is -2.94. The summed E-state index contributed by atoms with van der Waals surface area (Å²) in [6.45, 7) is 7.85. The highest BCUT2D eigenvalue weighted by molar-refractivity contribution is 9.10. The molecule has 0 atom stereocenters. The van der Waals surface area contributed by atoms with Crippen molar-refractivity contribution in [1.82, 2.24) is 19.5 Å². The molecule has 0 aliphatic heterocycles. The van der Waals surface area contributed by atoms with Crippen LogP contribution < -0.4 is 16.2 Å². The number of halogens is 1. The van der Waals surface area contributed by atoms with Crippen LogP contribution in [-0.2, 0) is 11.3 Å². The summed E-state index contributed by atoms with van der Waals surface area (Å²) in [6, 6.07) is 7.13. The summed E-state index contributed by atoms with van der Waals surface area (Å²) in [5, 5.41) is 9.75. The van der Waals surface area contributed by atoms with Crippen LogP contribution in [0.1, 0.15) is 35.5 Å². The molecule has 3 rings (SSSR count). The van der Waals surface area contributed by atoms with Crippen LogP contribution >= 0.6 is 15.9 Å². The Bertz CT molecular complexity index is 1160. The van der Waals surface area contributed by atoms with Crippen molar-refractivity contribution in [3.8, 4) is 0 Å². The standard InChI is InChI=1S/C21H24BrN5O3/c1-12(2)9-23-20(29)18-13(3)19-21(30)27(24-11-26(19)14(18)4)10-17(28)25-16-7-5-15(22)6-8-16/h5-8,11-12H,9-10H2,1-4H3,(H,23,29)(H,25,28). The van der Waals surface area contributed by atoms with Crippen molar-refractivity contribution in [3.63, 3.8) is 0 Å². The lowest BCUT2D eigenvalue weighted by molar-refractivity contribution is -0.117. The number of carbonyl (C=O) groups is 2. The van der Waals surface area contributed by atoms with Gasteiger partial charge in [0.15, 0.2) is 0 Å². The summed E-state index contributed by atoms with van der Waals surface area (Å²) < 4.78 is 3.60. The van der Waals surface area contributed by atoms with Crippen molar-refractivity contribution in [2.24, 2.45) is 5.92 Å². The monoisotopic (exact) mass is 473 g/mol. The van der Waals surface area contributed by atoms with Gasteiger partial charge in [-0.15, -0.1) is 0 Å². The van der Waals surface area contributed by atoms with E-state index in [1.807, 2.05) is 26.0 Å². The van der Waals surface area contributed by atoms with E-state index in [1.54, 1.807) is 30.4 Å². The van der Waals surface area contributed by atoms with Crippen molar-refractivity contribution in [2.75, 3.05) is 11.9 Å². The highest BCUT2D eigenvalue weighted by Crippen LogP contribution is 2.20.